The first-order valence-electron chi connectivity index (χ1n) is 5.38. The third-order valence-electron chi connectivity index (χ3n) is 2.86. The Labute approximate surface area is 92.7 Å². The van der Waals surface area contributed by atoms with Crippen molar-refractivity contribution in [1.82, 2.24) is 5.32 Å². The van der Waals surface area contributed by atoms with Gasteiger partial charge in [0.25, 0.3) is 0 Å². The zero-order chi connectivity index (χ0) is 11.5. The van der Waals surface area contributed by atoms with Gasteiger partial charge in [-0.15, -0.1) is 0 Å². The third kappa shape index (κ3) is 2.27. The van der Waals surface area contributed by atoms with Crippen molar-refractivity contribution >= 4 is 5.78 Å². The Kier molecular flexibility index (Phi) is 3.29. The topological polar surface area (TPSA) is 29.1 Å². The molecule has 1 aliphatic heterocycles. The van der Waals surface area contributed by atoms with Crippen LogP contribution >= 0.6 is 0 Å². The maximum absolute atomic E-state index is 13.4. The van der Waals surface area contributed by atoms with E-state index in [2.05, 4.69) is 5.32 Å². The summed E-state index contributed by atoms with van der Waals surface area (Å²) in [5.41, 5.74) is -0.131. The second-order valence-corrected chi connectivity index (χ2v) is 4.03. The Bertz CT molecular complexity index is 400. The summed E-state index contributed by atoms with van der Waals surface area (Å²) in [5, 5.41) is 3.08. The van der Waals surface area contributed by atoms with Gasteiger partial charge in [-0.05, 0) is 37.6 Å². The minimum absolute atomic E-state index is 0.131. The van der Waals surface area contributed by atoms with Gasteiger partial charge in [-0.3, -0.25) is 4.79 Å². The smallest absolute Gasteiger partial charge is 0.170 e. The van der Waals surface area contributed by atoms with E-state index in [9.17, 15) is 13.6 Å². The Hall–Kier alpha value is -1.29. The molecule has 2 rings (SSSR count). The van der Waals surface area contributed by atoms with Crippen molar-refractivity contribution in [2.75, 3.05) is 13.1 Å². The van der Waals surface area contributed by atoms with E-state index < -0.39 is 11.6 Å². The third-order valence-corrected chi connectivity index (χ3v) is 2.86. The van der Waals surface area contributed by atoms with Gasteiger partial charge in [-0.1, -0.05) is 0 Å². The van der Waals surface area contributed by atoms with E-state index in [1.165, 1.54) is 0 Å². The number of carbonyl (C=O) groups excluding carboxylic acids is 1. The highest BCUT2D eigenvalue weighted by molar-refractivity contribution is 5.98. The zero-order valence-corrected chi connectivity index (χ0v) is 8.80. The van der Waals surface area contributed by atoms with E-state index >= 15 is 0 Å². The van der Waals surface area contributed by atoms with Crippen LogP contribution in [0.4, 0.5) is 8.78 Å². The predicted octanol–water partition coefficient (Wildman–Crippen LogP) is 2.15. The summed E-state index contributed by atoms with van der Waals surface area (Å²) < 4.78 is 26.3. The summed E-state index contributed by atoms with van der Waals surface area (Å²) in [6.45, 7) is 1.43. The molecule has 2 nitrogen and oxygen atoms in total. The summed E-state index contributed by atoms with van der Waals surface area (Å²) >= 11 is 0. The molecule has 0 bridgehead atoms. The fraction of sp³-hybridized carbons (Fsp3) is 0.417. The van der Waals surface area contributed by atoms with E-state index in [0.717, 1.165) is 37.6 Å². The van der Waals surface area contributed by atoms with Crippen LogP contribution in [0.25, 0.3) is 0 Å². The highest BCUT2D eigenvalue weighted by atomic mass is 19.1. The van der Waals surface area contributed by atoms with Crippen molar-refractivity contribution in [2.24, 2.45) is 5.92 Å². The molecule has 86 valence electrons. The average molecular weight is 225 g/mol. The number of hydrogen-bond acceptors (Lipinski definition) is 2. The van der Waals surface area contributed by atoms with Crippen molar-refractivity contribution in [3.63, 3.8) is 0 Å². The highest BCUT2D eigenvalue weighted by Crippen LogP contribution is 2.19. The molecule has 1 aliphatic rings. The first-order chi connectivity index (χ1) is 7.68. The second kappa shape index (κ2) is 4.70. The van der Waals surface area contributed by atoms with E-state index in [4.69, 9.17) is 0 Å². The fourth-order valence-electron chi connectivity index (χ4n) is 1.98. The lowest BCUT2D eigenvalue weighted by Crippen LogP contribution is -2.34. The molecule has 0 unspecified atom stereocenters. The monoisotopic (exact) mass is 225 g/mol. The van der Waals surface area contributed by atoms with Crippen molar-refractivity contribution in [2.45, 2.75) is 12.8 Å². The molecule has 1 fully saturated rings. The molecule has 0 saturated carbocycles. The lowest BCUT2D eigenvalue weighted by atomic mass is 9.91. The number of benzene rings is 1. The maximum atomic E-state index is 13.4. The zero-order valence-electron chi connectivity index (χ0n) is 8.80. The molecule has 1 N–H and O–H groups in total. The molecule has 1 saturated heterocycles. The molecule has 0 spiro atoms. The van der Waals surface area contributed by atoms with Crippen LogP contribution in [0.15, 0.2) is 18.2 Å². The first kappa shape index (κ1) is 11.2. The maximum Gasteiger partial charge on any atom is 0.170 e. The van der Waals surface area contributed by atoms with Gasteiger partial charge < -0.3 is 5.32 Å². The van der Waals surface area contributed by atoms with E-state index in [0.29, 0.717) is 6.54 Å². The minimum Gasteiger partial charge on any atom is -0.316 e. The van der Waals surface area contributed by atoms with Crippen LogP contribution in [0.5, 0.6) is 0 Å². The second-order valence-electron chi connectivity index (χ2n) is 4.03. The van der Waals surface area contributed by atoms with Crippen molar-refractivity contribution in [1.29, 1.82) is 0 Å². The Balaban J connectivity index is 2.22. The Morgan fingerprint density at radius 2 is 2.19 bits per heavy atom. The Morgan fingerprint density at radius 3 is 2.88 bits per heavy atom. The Morgan fingerprint density at radius 1 is 1.38 bits per heavy atom. The van der Waals surface area contributed by atoms with E-state index in [1.54, 1.807) is 0 Å². The molecule has 16 heavy (non-hydrogen) atoms. The first-order valence-corrected chi connectivity index (χ1v) is 5.38. The number of hydrogen-bond donors (Lipinski definition) is 1. The largest absolute Gasteiger partial charge is 0.316 e. The standard InChI is InChI=1S/C12H13F2NO/c13-9-3-4-11(14)10(6-9)12(16)8-2-1-5-15-7-8/h3-4,6,8,15H,1-2,5,7H2/t8-/m1/s1. The summed E-state index contributed by atoms with van der Waals surface area (Å²) in [6, 6.07) is 3.00. The number of rotatable bonds is 2. The molecule has 1 heterocycles. The predicted molar refractivity (Wildman–Crippen MR) is 56.3 cm³/mol. The number of nitrogens with one attached hydrogen (secondary N) is 1. The molecular weight excluding hydrogens is 212 g/mol. The number of piperidine rings is 1. The SMILES string of the molecule is O=C(c1cc(F)ccc1F)[C@@H]1CCCNC1. The van der Waals surface area contributed by atoms with Crippen LogP contribution in [0.2, 0.25) is 0 Å². The fourth-order valence-corrected chi connectivity index (χ4v) is 1.98. The highest BCUT2D eigenvalue weighted by Gasteiger charge is 2.24. The van der Waals surface area contributed by atoms with E-state index in [1.807, 2.05) is 0 Å². The van der Waals surface area contributed by atoms with Gasteiger partial charge in [0.2, 0.25) is 0 Å². The summed E-state index contributed by atoms with van der Waals surface area (Å²) in [7, 11) is 0. The molecular formula is C12H13F2NO. The molecule has 1 aromatic rings. The summed E-state index contributed by atoms with van der Waals surface area (Å²) in [5.74, 6) is -1.75. The average Bonchev–Trinajstić information content (AvgIpc) is 2.32. The number of carbonyl (C=O) groups is 1. The normalized spacial score (nSPS) is 20.8. The summed E-state index contributed by atoms with van der Waals surface area (Å²) in [4.78, 5) is 11.9. The molecule has 0 aliphatic carbocycles. The molecule has 1 atom stereocenters. The number of Topliss-reactive ketones (excluding diaryl/α,β-unsaturated/α-hetero) is 1. The lowest BCUT2D eigenvalue weighted by molar-refractivity contribution is 0.0895. The van der Waals surface area contributed by atoms with Crippen LogP contribution in [-0.4, -0.2) is 18.9 Å². The molecule has 0 amide bonds. The van der Waals surface area contributed by atoms with Gasteiger partial charge in [0.05, 0.1) is 5.56 Å². The van der Waals surface area contributed by atoms with Gasteiger partial charge in [0, 0.05) is 12.5 Å². The van der Waals surface area contributed by atoms with Crippen LogP contribution < -0.4 is 5.32 Å². The van der Waals surface area contributed by atoms with Gasteiger partial charge in [-0.2, -0.15) is 0 Å². The van der Waals surface area contributed by atoms with Gasteiger partial charge in [-0.25, -0.2) is 8.78 Å². The summed E-state index contributed by atoms with van der Waals surface area (Å²) in [6.07, 6.45) is 1.63. The lowest BCUT2D eigenvalue weighted by Gasteiger charge is -2.21. The van der Waals surface area contributed by atoms with Gasteiger partial charge in [0.1, 0.15) is 11.6 Å². The van der Waals surface area contributed by atoms with Gasteiger partial charge in [0.15, 0.2) is 5.78 Å². The minimum atomic E-state index is -0.642. The van der Waals surface area contributed by atoms with Crippen LogP contribution in [0, 0.1) is 17.6 Å². The molecule has 1 aromatic carbocycles. The molecule has 0 radical (unpaired) electrons. The van der Waals surface area contributed by atoms with Crippen molar-refractivity contribution in [3.05, 3.63) is 35.4 Å². The van der Waals surface area contributed by atoms with Crippen molar-refractivity contribution in [3.8, 4) is 0 Å². The molecule has 4 heteroatoms. The quantitative estimate of drug-likeness (QED) is 0.781. The van der Waals surface area contributed by atoms with Gasteiger partial charge >= 0.3 is 0 Å². The molecule has 0 aromatic heterocycles. The number of halogens is 2. The van der Waals surface area contributed by atoms with Crippen LogP contribution in [0.3, 0.4) is 0 Å². The van der Waals surface area contributed by atoms with Crippen LogP contribution in [0.1, 0.15) is 23.2 Å². The number of ketones is 1. The van der Waals surface area contributed by atoms with E-state index in [-0.39, 0.29) is 17.3 Å². The van der Waals surface area contributed by atoms with Crippen molar-refractivity contribution < 1.29 is 13.6 Å². The van der Waals surface area contributed by atoms with Crippen LogP contribution in [-0.2, 0) is 0 Å².